The number of aromatic nitrogens is 2. The van der Waals surface area contributed by atoms with Crippen molar-refractivity contribution in [1.29, 1.82) is 0 Å². The van der Waals surface area contributed by atoms with Crippen LogP contribution in [0.15, 0.2) is 36.5 Å². The third-order valence-electron chi connectivity index (χ3n) is 2.89. The number of hydrogen-bond donors (Lipinski definition) is 2. The summed E-state index contributed by atoms with van der Waals surface area (Å²) in [6.45, 7) is 2.75. The number of aryl methyl sites for hydroxylation is 1. The first kappa shape index (κ1) is 12.4. The summed E-state index contributed by atoms with van der Waals surface area (Å²) in [5, 5.41) is 9.49. The molecule has 1 amide bonds. The van der Waals surface area contributed by atoms with Crippen molar-refractivity contribution in [1.82, 2.24) is 15.5 Å². The number of H-pyrrole nitrogens is 1. The van der Waals surface area contributed by atoms with Gasteiger partial charge < -0.3 is 5.32 Å². The zero-order chi connectivity index (χ0) is 12.8. The van der Waals surface area contributed by atoms with Gasteiger partial charge in [0.2, 0.25) is 5.91 Å². The molecule has 0 unspecified atom stereocenters. The van der Waals surface area contributed by atoms with E-state index in [4.69, 9.17) is 0 Å². The molecule has 94 valence electrons. The van der Waals surface area contributed by atoms with E-state index in [1.54, 1.807) is 12.3 Å². The molecule has 0 aliphatic carbocycles. The Morgan fingerprint density at radius 3 is 2.89 bits per heavy atom. The molecule has 0 fully saturated rings. The minimum Gasteiger partial charge on any atom is -0.355 e. The highest BCUT2D eigenvalue weighted by Gasteiger charge is 2.04. The third kappa shape index (κ3) is 3.45. The van der Waals surface area contributed by atoms with Crippen LogP contribution in [0.3, 0.4) is 0 Å². The van der Waals surface area contributed by atoms with Gasteiger partial charge in [0, 0.05) is 18.4 Å². The van der Waals surface area contributed by atoms with Gasteiger partial charge in [0.05, 0.1) is 6.42 Å². The molecular formula is C14H17N3O. The summed E-state index contributed by atoms with van der Waals surface area (Å²) < 4.78 is 0. The molecule has 2 rings (SSSR count). The number of nitrogens with zero attached hydrogens (tertiary/aromatic N) is 1. The topological polar surface area (TPSA) is 57.8 Å². The third-order valence-corrected chi connectivity index (χ3v) is 2.89. The predicted molar refractivity (Wildman–Crippen MR) is 70.2 cm³/mol. The van der Waals surface area contributed by atoms with Crippen LogP contribution in [0.2, 0.25) is 0 Å². The summed E-state index contributed by atoms with van der Waals surface area (Å²) in [6.07, 6.45) is 2.87. The molecule has 1 aromatic heterocycles. The van der Waals surface area contributed by atoms with E-state index in [9.17, 15) is 4.79 Å². The fourth-order valence-electron chi connectivity index (χ4n) is 1.85. The number of amides is 1. The number of aromatic amines is 1. The Morgan fingerprint density at radius 1 is 1.33 bits per heavy atom. The van der Waals surface area contributed by atoms with Crippen molar-refractivity contribution in [2.24, 2.45) is 0 Å². The van der Waals surface area contributed by atoms with Gasteiger partial charge in [-0.15, -0.1) is 0 Å². The van der Waals surface area contributed by atoms with Crippen molar-refractivity contribution in [2.75, 3.05) is 6.54 Å². The van der Waals surface area contributed by atoms with Gasteiger partial charge in [0.15, 0.2) is 0 Å². The van der Waals surface area contributed by atoms with Crippen molar-refractivity contribution >= 4 is 5.91 Å². The zero-order valence-electron chi connectivity index (χ0n) is 10.4. The molecule has 18 heavy (non-hydrogen) atoms. The maximum Gasteiger partial charge on any atom is 0.226 e. The average molecular weight is 243 g/mol. The van der Waals surface area contributed by atoms with E-state index in [1.165, 1.54) is 11.1 Å². The highest BCUT2D eigenvalue weighted by atomic mass is 16.1. The monoisotopic (exact) mass is 243 g/mol. The minimum absolute atomic E-state index is 0.0211. The standard InChI is InChI=1S/C14H17N3O/c1-11-4-2-3-5-12(11)6-8-15-14(18)10-13-7-9-16-17-13/h2-5,7,9H,6,8,10H2,1H3,(H,15,18)(H,16,17). The maximum atomic E-state index is 11.6. The molecule has 0 saturated heterocycles. The molecule has 1 heterocycles. The predicted octanol–water partition coefficient (Wildman–Crippen LogP) is 1.62. The van der Waals surface area contributed by atoms with E-state index in [0.29, 0.717) is 13.0 Å². The van der Waals surface area contributed by atoms with Gasteiger partial charge in [0.1, 0.15) is 0 Å². The molecule has 0 radical (unpaired) electrons. The summed E-state index contributed by atoms with van der Waals surface area (Å²) >= 11 is 0. The van der Waals surface area contributed by atoms with Gasteiger partial charge in [-0.05, 0) is 30.5 Å². The second-order valence-corrected chi connectivity index (χ2v) is 4.29. The van der Waals surface area contributed by atoms with Crippen LogP contribution < -0.4 is 5.32 Å². The second-order valence-electron chi connectivity index (χ2n) is 4.29. The largest absolute Gasteiger partial charge is 0.355 e. The normalized spacial score (nSPS) is 10.3. The van der Waals surface area contributed by atoms with E-state index in [1.807, 2.05) is 12.1 Å². The van der Waals surface area contributed by atoms with Gasteiger partial charge in [-0.2, -0.15) is 5.10 Å². The number of carbonyl (C=O) groups excluding carboxylic acids is 1. The lowest BCUT2D eigenvalue weighted by Crippen LogP contribution is -2.27. The molecule has 4 heteroatoms. The first-order valence-electron chi connectivity index (χ1n) is 6.05. The van der Waals surface area contributed by atoms with Crippen molar-refractivity contribution in [3.8, 4) is 0 Å². The summed E-state index contributed by atoms with van der Waals surface area (Å²) in [5.74, 6) is 0.0211. The van der Waals surface area contributed by atoms with Gasteiger partial charge in [-0.3, -0.25) is 9.89 Å². The van der Waals surface area contributed by atoms with Crippen LogP contribution in [-0.2, 0) is 17.6 Å². The summed E-state index contributed by atoms with van der Waals surface area (Å²) in [7, 11) is 0. The number of nitrogens with one attached hydrogen (secondary N) is 2. The molecule has 2 N–H and O–H groups in total. The number of benzene rings is 1. The van der Waals surface area contributed by atoms with Crippen molar-refractivity contribution in [3.63, 3.8) is 0 Å². The van der Waals surface area contributed by atoms with Gasteiger partial charge in [0.25, 0.3) is 0 Å². The van der Waals surface area contributed by atoms with E-state index >= 15 is 0 Å². The minimum atomic E-state index is 0.0211. The molecule has 0 spiro atoms. The Labute approximate surface area is 106 Å². The summed E-state index contributed by atoms with van der Waals surface area (Å²) in [4.78, 5) is 11.6. The fourth-order valence-corrected chi connectivity index (χ4v) is 1.85. The van der Waals surface area contributed by atoms with Gasteiger partial charge >= 0.3 is 0 Å². The van der Waals surface area contributed by atoms with Crippen LogP contribution in [0.5, 0.6) is 0 Å². The summed E-state index contributed by atoms with van der Waals surface area (Å²) in [6, 6.07) is 10.0. The highest BCUT2D eigenvalue weighted by Crippen LogP contribution is 2.06. The number of hydrogen-bond acceptors (Lipinski definition) is 2. The van der Waals surface area contributed by atoms with E-state index < -0.39 is 0 Å². The Morgan fingerprint density at radius 2 is 2.17 bits per heavy atom. The molecule has 4 nitrogen and oxygen atoms in total. The Balaban J connectivity index is 1.75. The molecule has 0 atom stereocenters. The average Bonchev–Trinajstić information content (AvgIpc) is 2.84. The van der Waals surface area contributed by atoms with Crippen LogP contribution in [0.1, 0.15) is 16.8 Å². The SMILES string of the molecule is Cc1ccccc1CCNC(=O)Cc1ccn[nH]1. The zero-order valence-corrected chi connectivity index (χ0v) is 10.4. The van der Waals surface area contributed by atoms with Crippen LogP contribution in [0.25, 0.3) is 0 Å². The molecular weight excluding hydrogens is 226 g/mol. The Hall–Kier alpha value is -2.10. The lowest BCUT2D eigenvalue weighted by atomic mass is 10.1. The second kappa shape index (κ2) is 6.00. The lowest BCUT2D eigenvalue weighted by molar-refractivity contribution is -0.120. The Bertz CT molecular complexity index is 506. The molecule has 0 saturated carbocycles. The van der Waals surface area contributed by atoms with Crippen molar-refractivity contribution in [3.05, 3.63) is 53.3 Å². The Kier molecular flexibility index (Phi) is 4.12. The molecule has 0 aliphatic heterocycles. The first-order valence-corrected chi connectivity index (χ1v) is 6.05. The van der Waals surface area contributed by atoms with Gasteiger partial charge in [-0.1, -0.05) is 24.3 Å². The summed E-state index contributed by atoms with van der Waals surface area (Å²) in [5.41, 5.74) is 3.38. The van der Waals surface area contributed by atoms with E-state index in [0.717, 1.165) is 12.1 Å². The molecule has 0 aliphatic rings. The first-order chi connectivity index (χ1) is 8.75. The van der Waals surface area contributed by atoms with Crippen LogP contribution in [0, 0.1) is 6.92 Å². The molecule has 1 aromatic carbocycles. The van der Waals surface area contributed by atoms with Crippen LogP contribution in [0.4, 0.5) is 0 Å². The molecule has 2 aromatic rings. The van der Waals surface area contributed by atoms with Crippen molar-refractivity contribution in [2.45, 2.75) is 19.8 Å². The fraction of sp³-hybridized carbons (Fsp3) is 0.286. The van der Waals surface area contributed by atoms with Crippen LogP contribution in [-0.4, -0.2) is 22.6 Å². The van der Waals surface area contributed by atoms with E-state index in [-0.39, 0.29) is 5.91 Å². The number of rotatable bonds is 5. The lowest BCUT2D eigenvalue weighted by Gasteiger charge is -2.06. The maximum absolute atomic E-state index is 11.6. The van der Waals surface area contributed by atoms with E-state index in [2.05, 4.69) is 34.6 Å². The number of carbonyl (C=O) groups is 1. The highest BCUT2D eigenvalue weighted by molar-refractivity contribution is 5.78. The van der Waals surface area contributed by atoms with Crippen LogP contribution >= 0.6 is 0 Å². The van der Waals surface area contributed by atoms with Gasteiger partial charge in [-0.25, -0.2) is 0 Å². The van der Waals surface area contributed by atoms with Crippen molar-refractivity contribution < 1.29 is 4.79 Å². The quantitative estimate of drug-likeness (QED) is 0.838. The smallest absolute Gasteiger partial charge is 0.226 e. The molecule has 0 bridgehead atoms.